The lowest BCUT2D eigenvalue weighted by atomic mass is 10.2. The number of rotatable bonds is 2. The molecule has 1 saturated heterocycles. The van der Waals surface area contributed by atoms with Gasteiger partial charge in [0.1, 0.15) is 5.71 Å². The summed E-state index contributed by atoms with van der Waals surface area (Å²) in [7, 11) is 0. The average Bonchev–Trinajstić information content (AvgIpc) is 2.71. The third-order valence-electron chi connectivity index (χ3n) is 2.19. The fraction of sp³-hybridized carbons (Fsp3) is 0.625. The van der Waals surface area contributed by atoms with Crippen molar-refractivity contribution in [3.05, 3.63) is 0 Å². The highest BCUT2D eigenvalue weighted by molar-refractivity contribution is 6.66. The fourth-order valence-corrected chi connectivity index (χ4v) is 1.39. The standard InChI is InChI=1S/C8H13N3O3/c1-6(9-13)7(10-14)8(12)11-4-2-3-5-11/h13-14H,2-5H2,1H3/b9-6+,10-7-. The van der Waals surface area contributed by atoms with E-state index in [1.54, 1.807) is 4.90 Å². The van der Waals surface area contributed by atoms with Crippen LogP contribution in [0.25, 0.3) is 0 Å². The molecule has 6 heteroatoms. The lowest BCUT2D eigenvalue weighted by Gasteiger charge is -2.14. The monoisotopic (exact) mass is 199 g/mol. The topological polar surface area (TPSA) is 85.5 Å². The zero-order valence-corrected chi connectivity index (χ0v) is 7.97. The number of oxime groups is 2. The average molecular weight is 199 g/mol. The summed E-state index contributed by atoms with van der Waals surface area (Å²) in [6.07, 6.45) is 1.92. The largest absolute Gasteiger partial charge is 0.411 e. The molecule has 0 aromatic heterocycles. The van der Waals surface area contributed by atoms with Gasteiger partial charge in [0, 0.05) is 13.1 Å². The van der Waals surface area contributed by atoms with Crippen molar-refractivity contribution in [1.82, 2.24) is 4.90 Å². The minimum Gasteiger partial charge on any atom is -0.411 e. The summed E-state index contributed by atoms with van der Waals surface area (Å²) in [4.78, 5) is 13.2. The van der Waals surface area contributed by atoms with E-state index in [1.807, 2.05) is 0 Å². The molecule has 78 valence electrons. The van der Waals surface area contributed by atoms with Crippen LogP contribution in [0, 0.1) is 0 Å². The number of nitrogens with zero attached hydrogens (tertiary/aromatic N) is 3. The van der Waals surface area contributed by atoms with Crippen LogP contribution in [0.4, 0.5) is 0 Å². The highest BCUT2D eigenvalue weighted by Gasteiger charge is 2.25. The molecule has 6 nitrogen and oxygen atoms in total. The first-order valence-electron chi connectivity index (χ1n) is 4.41. The molecule has 1 aliphatic rings. The van der Waals surface area contributed by atoms with Crippen LogP contribution in [0.1, 0.15) is 19.8 Å². The molecule has 0 unspecified atom stereocenters. The Labute approximate surface area is 81.5 Å². The van der Waals surface area contributed by atoms with Gasteiger partial charge in [-0.1, -0.05) is 10.3 Å². The van der Waals surface area contributed by atoms with E-state index >= 15 is 0 Å². The van der Waals surface area contributed by atoms with Gasteiger partial charge in [-0.15, -0.1) is 0 Å². The van der Waals surface area contributed by atoms with Crippen molar-refractivity contribution >= 4 is 17.3 Å². The summed E-state index contributed by atoms with van der Waals surface area (Å²) in [6.45, 7) is 2.73. The van der Waals surface area contributed by atoms with Crippen LogP contribution in [-0.4, -0.2) is 45.7 Å². The molecule has 2 N–H and O–H groups in total. The second kappa shape index (κ2) is 4.59. The predicted octanol–water partition coefficient (Wildman–Crippen LogP) is 0.289. The number of likely N-dealkylation sites (tertiary alicyclic amines) is 1. The summed E-state index contributed by atoms with van der Waals surface area (Å²) in [6, 6.07) is 0. The minimum atomic E-state index is -0.389. The molecule has 0 saturated carbocycles. The summed E-state index contributed by atoms with van der Waals surface area (Å²) in [5.41, 5.74) is -0.182. The Hall–Kier alpha value is -1.59. The first-order chi connectivity index (χ1) is 6.70. The molecule has 0 bridgehead atoms. The third kappa shape index (κ3) is 2.01. The number of carbonyl (C=O) groups is 1. The van der Waals surface area contributed by atoms with E-state index in [0.29, 0.717) is 13.1 Å². The van der Waals surface area contributed by atoms with Gasteiger partial charge in [-0.2, -0.15) is 0 Å². The molecular weight excluding hydrogens is 186 g/mol. The van der Waals surface area contributed by atoms with E-state index in [1.165, 1.54) is 6.92 Å². The summed E-state index contributed by atoms with van der Waals surface area (Å²) in [5.74, 6) is -0.389. The van der Waals surface area contributed by atoms with Gasteiger partial charge in [0.15, 0.2) is 5.71 Å². The van der Waals surface area contributed by atoms with Gasteiger partial charge in [-0.05, 0) is 19.8 Å². The van der Waals surface area contributed by atoms with Gasteiger partial charge < -0.3 is 15.3 Å². The van der Waals surface area contributed by atoms with Crippen LogP contribution in [0.5, 0.6) is 0 Å². The maximum Gasteiger partial charge on any atom is 0.277 e. The van der Waals surface area contributed by atoms with Crippen molar-refractivity contribution in [3.8, 4) is 0 Å². The zero-order valence-electron chi connectivity index (χ0n) is 7.97. The normalized spacial score (nSPS) is 18.8. The van der Waals surface area contributed by atoms with Crippen molar-refractivity contribution in [2.45, 2.75) is 19.8 Å². The first-order valence-corrected chi connectivity index (χ1v) is 4.41. The number of hydrogen-bond acceptors (Lipinski definition) is 5. The van der Waals surface area contributed by atoms with E-state index < -0.39 is 0 Å². The number of carbonyl (C=O) groups excluding carboxylic acids is 1. The maximum atomic E-state index is 11.6. The smallest absolute Gasteiger partial charge is 0.277 e. The Kier molecular flexibility index (Phi) is 3.44. The molecule has 1 fully saturated rings. The molecule has 1 aliphatic heterocycles. The summed E-state index contributed by atoms with van der Waals surface area (Å²) >= 11 is 0. The second-order valence-corrected chi connectivity index (χ2v) is 3.13. The van der Waals surface area contributed by atoms with Crippen molar-refractivity contribution in [2.24, 2.45) is 10.3 Å². The minimum absolute atomic E-state index is 0.0180. The highest BCUT2D eigenvalue weighted by atomic mass is 16.4. The van der Waals surface area contributed by atoms with Crippen LogP contribution in [-0.2, 0) is 4.79 Å². The van der Waals surface area contributed by atoms with Gasteiger partial charge in [0.2, 0.25) is 0 Å². The molecule has 1 heterocycles. The molecule has 0 atom stereocenters. The van der Waals surface area contributed by atoms with Gasteiger partial charge in [0.25, 0.3) is 5.91 Å². The Morgan fingerprint density at radius 2 is 1.79 bits per heavy atom. The molecule has 14 heavy (non-hydrogen) atoms. The molecule has 1 rings (SSSR count). The van der Waals surface area contributed by atoms with Crippen LogP contribution in [0.2, 0.25) is 0 Å². The van der Waals surface area contributed by atoms with Gasteiger partial charge in [0.05, 0.1) is 0 Å². The lowest BCUT2D eigenvalue weighted by Crippen LogP contribution is -2.37. The van der Waals surface area contributed by atoms with E-state index in [0.717, 1.165) is 12.8 Å². The van der Waals surface area contributed by atoms with Gasteiger partial charge in [-0.25, -0.2) is 0 Å². The Morgan fingerprint density at radius 3 is 2.21 bits per heavy atom. The molecule has 0 aliphatic carbocycles. The number of amides is 1. The molecule has 0 aromatic rings. The van der Waals surface area contributed by atoms with Crippen molar-refractivity contribution < 1.29 is 15.2 Å². The molecule has 1 amide bonds. The summed E-state index contributed by atoms with van der Waals surface area (Å²) in [5, 5.41) is 22.7. The van der Waals surface area contributed by atoms with Gasteiger partial charge >= 0.3 is 0 Å². The molecular formula is C8H13N3O3. The second-order valence-electron chi connectivity index (χ2n) is 3.13. The van der Waals surface area contributed by atoms with E-state index in [4.69, 9.17) is 10.4 Å². The highest BCUT2D eigenvalue weighted by Crippen LogP contribution is 2.08. The van der Waals surface area contributed by atoms with E-state index in [2.05, 4.69) is 10.3 Å². The van der Waals surface area contributed by atoms with Gasteiger partial charge in [-0.3, -0.25) is 4.79 Å². The third-order valence-corrected chi connectivity index (χ3v) is 2.19. The van der Waals surface area contributed by atoms with Crippen molar-refractivity contribution in [1.29, 1.82) is 0 Å². The molecule has 0 spiro atoms. The fourth-order valence-electron chi connectivity index (χ4n) is 1.39. The summed E-state index contributed by atoms with van der Waals surface area (Å²) < 4.78 is 0. The first kappa shape index (κ1) is 10.5. The molecule has 0 radical (unpaired) electrons. The Bertz CT molecular complexity index is 280. The quantitative estimate of drug-likeness (QED) is 0.380. The van der Waals surface area contributed by atoms with Crippen LogP contribution in [0.3, 0.4) is 0 Å². The van der Waals surface area contributed by atoms with Crippen LogP contribution < -0.4 is 0 Å². The SMILES string of the molecule is CC(=N\O)/C(=N/O)C(=O)N1CCCC1. The van der Waals surface area contributed by atoms with Crippen molar-refractivity contribution in [3.63, 3.8) is 0 Å². The maximum absolute atomic E-state index is 11.6. The Morgan fingerprint density at radius 1 is 1.21 bits per heavy atom. The predicted molar refractivity (Wildman–Crippen MR) is 49.9 cm³/mol. The van der Waals surface area contributed by atoms with Crippen molar-refractivity contribution in [2.75, 3.05) is 13.1 Å². The molecule has 0 aromatic carbocycles. The van der Waals surface area contributed by atoms with Crippen LogP contribution >= 0.6 is 0 Å². The Balaban J connectivity index is 2.75. The van der Waals surface area contributed by atoms with Crippen LogP contribution in [0.15, 0.2) is 10.3 Å². The number of hydrogen-bond donors (Lipinski definition) is 2. The van der Waals surface area contributed by atoms with E-state index in [-0.39, 0.29) is 17.3 Å². The van der Waals surface area contributed by atoms with E-state index in [9.17, 15) is 4.79 Å². The lowest BCUT2D eigenvalue weighted by molar-refractivity contribution is -0.123. The zero-order chi connectivity index (χ0) is 10.6.